The zero-order valence-corrected chi connectivity index (χ0v) is 21.2. The first kappa shape index (κ1) is 25.8. The van der Waals surface area contributed by atoms with Crippen molar-refractivity contribution in [2.24, 2.45) is 0 Å². The van der Waals surface area contributed by atoms with Gasteiger partial charge in [0.05, 0.1) is 0 Å². The number of fused-ring (bicyclic) bond motifs is 1. The maximum atomic E-state index is 15.0. The average Bonchev–Trinajstić information content (AvgIpc) is 3.16. The third-order valence-electron chi connectivity index (χ3n) is 7.20. The van der Waals surface area contributed by atoms with E-state index in [2.05, 4.69) is 31.9 Å². The summed E-state index contributed by atoms with van der Waals surface area (Å²) in [4.78, 5) is 21.1. The second-order valence-corrected chi connectivity index (χ2v) is 9.89. The molecule has 0 saturated carbocycles. The number of alkyl halides is 2. The van der Waals surface area contributed by atoms with Gasteiger partial charge in [0.1, 0.15) is 0 Å². The van der Waals surface area contributed by atoms with Crippen LogP contribution < -0.4 is 11.1 Å². The lowest BCUT2D eigenvalue weighted by atomic mass is 10.0. The number of likely N-dealkylation sites (N-methyl/N-ethyl adjacent to an activating group) is 1. The summed E-state index contributed by atoms with van der Waals surface area (Å²) >= 11 is 0. The minimum absolute atomic E-state index is 0.0287. The fraction of sp³-hybridized carbons (Fsp3) is 0.310. The predicted molar refractivity (Wildman–Crippen MR) is 140 cm³/mol. The van der Waals surface area contributed by atoms with Gasteiger partial charge in [-0.15, -0.1) is 0 Å². The van der Waals surface area contributed by atoms with Crippen molar-refractivity contribution in [2.45, 2.75) is 25.3 Å². The molecular formula is C29H28F3N5O. The highest BCUT2D eigenvalue weighted by atomic mass is 19.3. The molecule has 1 saturated heterocycles. The molecule has 0 spiro atoms. The molecule has 3 N–H and O–H groups in total. The molecule has 2 aromatic carbocycles. The standard InChI is InChI=1S/C29H28F3N5O/c1-18-3-5-21(14-20(18)6-4-19-13-25(30)27(33)34-17-19)28(38)35-22-7-8-23-24(15-22)29(31,32)16-26(23)37-11-9-36(2)10-12-37/h3,5,7-8,13-15,17,26H,9-12,16H2,1-2H3,(H2,33,34)(H,35,38). The molecule has 196 valence electrons. The number of anilines is 2. The first-order valence-corrected chi connectivity index (χ1v) is 12.4. The first-order valence-electron chi connectivity index (χ1n) is 12.4. The number of nitrogens with zero attached hydrogens (tertiary/aromatic N) is 3. The maximum Gasteiger partial charge on any atom is 0.275 e. The number of pyridine rings is 1. The van der Waals surface area contributed by atoms with Crippen molar-refractivity contribution in [3.8, 4) is 11.8 Å². The van der Waals surface area contributed by atoms with Gasteiger partial charge in [-0.25, -0.2) is 18.2 Å². The van der Waals surface area contributed by atoms with E-state index >= 15 is 8.78 Å². The second-order valence-electron chi connectivity index (χ2n) is 9.89. The molecule has 1 unspecified atom stereocenters. The van der Waals surface area contributed by atoms with E-state index in [4.69, 9.17) is 5.73 Å². The number of carbonyl (C=O) groups excluding carboxylic acids is 1. The van der Waals surface area contributed by atoms with Crippen molar-refractivity contribution in [3.63, 3.8) is 0 Å². The summed E-state index contributed by atoms with van der Waals surface area (Å²) in [5, 5.41) is 2.75. The number of halogens is 3. The molecule has 1 fully saturated rings. The van der Waals surface area contributed by atoms with E-state index in [9.17, 15) is 9.18 Å². The molecule has 1 atom stereocenters. The number of nitrogens with two attached hydrogens (primary N) is 1. The lowest BCUT2D eigenvalue weighted by molar-refractivity contribution is -0.0257. The minimum Gasteiger partial charge on any atom is -0.381 e. The minimum atomic E-state index is -2.97. The third kappa shape index (κ3) is 5.23. The van der Waals surface area contributed by atoms with E-state index < -0.39 is 17.6 Å². The summed E-state index contributed by atoms with van der Waals surface area (Å²) in [7, 11) is 2.03. The van der Waals surface area contributed by atoms with Crippen LogP contribution in [0.1, 0.15) is 50.6 Å². The summed E-state index contributed by atoms with van der Waals surface area (Å²) in [6, 6.07) is 10.6. The van der Waals surface area contributed by atoms with Gasteiger partial charge in [-0.2, -0.15) is 0 Å². The Labute approximate surface area is 219 Å². The van der Waals surface area contributed by atoms with Crippen LogP contribution in [0.5, 0.6) is 0 Å². The third-order valence-corrected chi connectivity index (χ3v) is 7.20. The van der Waals surface area contributed by atoms with E-state index in [-0.39, 0.29) is 23.8 Å². The maximum absolute atomic E-state index is 15.0. The van der Waals surface area contributed by atoms with Crippen molar-refractivity contribution in [1.29, 1.82) is 0 Å². The number of hydrogen-bond acceptors (Lipinski definition) is 5. The molecule has 0 bridgehead atoms. The Balaban J connectivity index is 1.34. The monoisotopic (exact) mass is 519 g/mol. The van der Waals surface area contributed by atoms with Gasteiger partial charge in [0.15, 0.2) is 11.6 Å². The molecule has 38 heavy (non-hydrogen) atoms. The zero-order valence-electron chi connectivity index (χ0n) is 21.2. The Hall–Kier alpha value is -3.87. The summed E-state index contributed by atoms with van der Waals surface area (Å²) in [6.45, 7) is 5.03. The van der Waals surface area contributed by atoms with E-state index in [1.54, 1.807) is 30.3 Å². The molecule has 1 aliphatic heterocycles. The van der Waals surface area contributed by atoms with Crippen LogP contribution in [0.3, 0.4) is 0 Å². The second kappa shape index (κ2) is 10.1. The molecule has 1 aromatic heterocycles. The Bertz CT molecular complexity index is 1450. The first-order chi connectivity index (χ1) is 18.1. The highest BCUT2D eigenvalue weighted by Gasteiger charge is 2.47. The number of piperazine rings is 1. The lowest BCUT2D eigenvalue weighted by Crippen LogP contribution is -2.45. The number of nitrogen functional groups attached to an aromatic ring is 1. The van der Waals surface area contributed by atoms with Crippen LogP contribution in [-0.4, -0.2) is 53.9 Å². The molecule has 2 heterocycles. The number of nitrogens with one attached hydrogen (secondary N) is 1. The fourth-order valence-electron chi connectivity index (χ4n) is 4.92. The fourth-order valence-corrected chi connectivity index (χ4v) is 4.92. The lowest BCUT2D eigenvalue weighted by Gasteiger charge is -2.36. The van der Waals surface area contributed by atoms with Gasteiger partial charge in [0.25, 0.3) is 11.8 Å². The van der Waals surface area contributed by atoms with Crippen molar-refractivity contribution < 1.29 is 18.0 Å². The van der Waals surface area contributed by atoms with Crippen LogP contribution in [0, 0.1) is 24.6 Å². The highest BCUT2D eigenvalue weighted by Crippen LogP contribution is 2.50. The molecule has 6 nitrogen and oxygen atoms in total. The van der Waals surface area contributed by atoms with Crippen LogP contribution in [0.2, 0.25) is 0 Å². The number of benzene rings is 2. The van der Waals surface area contributed by atoms with E-state index in [0.717, 1.165) is 31.7 Å². The number of aromatic nitrogens is 1. The van der Waals surface area contributed by atoms with Gasteiger partial charge >= 0.3 is 0 Å². The Morgan fingerprint density at radius 2 is 1.87 bits per heavy atom. The van der Waals surface area contributed by atoms with Crippen molar-refractivity contribution in [3.05, 3.63) is 87.9 Å². The topological polar surface area (TPSA) is 74.5 Å². The quantitative estimate of drug-likeness (QED) is 0.497. The van der Waals surface area contributed by atoms with Gasteiger partial charge < -0.3 is 16.0 Å². The largest absolute Gasteiger partial charge is 0.381 e. The van der Waals surface area contributed by atoms with E-state index in [1.807, 2.05) is 14.0 Å². The van der Waals surface area contributed by atoms with Gasteiger partial charge in [0.2, 0.25) is 0 Å². The number of aryl methyl sites for hydroxylation is 1. The summed E-state index contributed by atoms with van der Waals surface area (Å²) in [5.74, 6) is 1.50. The number of amides is 1. The van der Waals surface area contributed by atoms with Crippen molar-refractivity contribution in [2.75, 3.05) is 44.3 Å². The smallest absolute Gasteiger partial charge is 0.275 e. The Kier molecular flexibility index (Phi) is 6.86. The van der Waals surface area contributed by atoms with Crippen LogP contribution >= 0.6 is 0 Å². The van der Waals surface area contributed by atoms with Crippen molar-refractivity contribution >= 4 is 17.4 Å². The average molecular weight is 520 g/mol. The predicted octanol–water partition coefficient (Wildman–Crippen LogP) is 4.55. The molecule has 3 aromatic rings. The van der Waals surface area contributed by atoms with Crippen LogP contribution in [0.25, 0.3) is 0 Å². The number of carbonyl (C=O) groups is 1. The molecule has 1 aliphatic carbocycles. The number of hydrogen-bond donors (Lipinski definition) is 2. The Morgan fingerprint density at radius 1 is 1.11 bits per heavy atom. The van der Waals surface area contributed by atoms with Gasteiger partial charge in [-0.3, -0.25) is 9.69 Å². The summed E-state index contributed by atoms with van der Waals surface area (Å²) in [6.07, 6.45) is 1.12. The SMILES string of the molecule is Cc1ccc(C(=O)Nc2ccc3c(c2)C(F)(F)CC3N2CCN(C)CC2)cc1C#Cc1cnc(N)c(F)c1. The van der Waals surface area contributed by atoms with Crippen molar-refractivity contribution in [1.82, 2.24) is 14.8 Å². The molecule has 9 heteroatoms. The molecule has 5 rings (SSSR count). The Morgan fingerprint density at radius 3 is 2.61 bits per heavy atom. The molecule has 2 aliphatic rings. The highest BCUT2D eigenvalue weighted by molar-refractivity contribution is 6.04. The normalized spacial score (nSPS) is 18.9. The molecule has 1 amide bonds. The van der Waals surface area contributed by atoms with Crippen LogP contribution in [0.4, 0.5) is 24.7 Å². The number of rotatable bonds is 3. The molecular weight excluding hydrogens is 491 g/mol. The summed E-state index contributed by atoms with van der Waals surface area (Å²) < 4.78 is 43.7. The van der Waals surface area contributed by atoms with Crippen LogP contribution in [0.15, 0.2) is 48.7 Å². The molecule has 0 radical (unpaired) electrons. The van der Waals surface area contributed by atoms with Gasteiger partial charge in [-0.05, 0) is 55.4 Å². The van der Waals surface area contributed by atoms with E-state index in [1.165, 1.54) is 18.3 Å². The van der Waals surface area contributed by atoms with Gasteiger partial charge in [0, 0.05) is 72.8 Å². The van der Waals surface area contributed by atoms with Gasteiger partial charge in [-0.1, -0.05) is 24.0 Å². The van der Waals surface area contributed by atoms with Crippen LogP contribution in [-0.2, 0) is 5.92 Å². The summed E-state index contributed by atoms with van der Waals surface area (Å²) in [5.41, 5.74) is 8.38. The van der Waals surface area contributed by atoms with E-state index in [0.29, 0.717) is 27.9 Å². The zero-order chi connectivity index (χ0) is 27.0.